The lowest BCUT2D eigenvalue weighted by Crippen LogP contribution is -2.32. The number of carbonyl (C=O) groups is 1. The third kappa shape index (κ3) is 3.21. The number of aryl methyl sites for hydroxylation is 1. The molecule has 2 heterocycles. The molecule has 0 spiro atoms. The fourth-order valence-electron chi connectivity index (χ4n) is 4.35. The van der Waals surface area contributed by atoms with Gasteiger partial charge in [0.2, 0.25) is 0 Å². The van der Waals surface area contributed by atoms with Crippen molar-refractivity contribution in [2.75, 3.05) is 6.54 Å². The van der Waals surface area contributed by atoms with Crippen LogP contribution in [0.2, 0.25) is 0 Å². The summed E-state index contributed by atoms with van der Waals surface area (Å²) >= 11 is 0. The van der Waals surface area contributed by atoms with Gasteiger partial charge in [0.15, 0.2) is 0 Å². The van der Waals surface area contributed by atoms with E-state index in [2.05, 4.69) is 28.6 Å². The molecule has 1 aromatic carbocycles. The van der Waals surface area contributed by atoms with Crippen molar-refractivity contribution in [3.63, 3.8) is 0 Å². The van der Waals surface area contributed by atoms with Gasteiger partial charge in [0.05, 0.1) is 23.0 Å². The average molecular weight is 339 g/mol. The number of fused-ring (bicyclic) bond motifs is 1. The maximum atomic E-state index is 11.5. The number of aromatic carboxylic acids is 1. The van der Waals surface area contributed by atoms with Gasteiger partial charge in [-0.05, 0) is 49.4 Å². The Hall–Kier alpha value is -2.14. The Morgan fingerprint density at radius 1 is 1.32 bits per heavy atom. The van der Waals surface area contributed by atoms with E-state index in [9.17, 15) is 9.90 Å². The number of rotatable bonds is 4. The molecule has 5 heteroatoms. The van der Waals surface area contributed by atoms with Crippen LogP contribution in [0, 0.1) is 6.92 Å². The number of carboxylic acids is 1. The summed E-state index contributed by atoms with van der Waals surface area (Å²) in [5.74, 6) is -0.828. The highest BCUT2D eigenvalue weighted by Gasteiger charge is 2.25. The van der Waals surface area contributed by atoms with Crippen molar-refractivity contribution in [3.05, 3.63) is 52.3 Å². The first kappa shape index (κ1) is 16.3. The Bertz CT molecular complexity index is 790. The van der Waals surface area contributed by atoms with E-state index in [4.69, 9.17) is 5.10 Å². The molecule has 2 aromatic rings. The molecule has 0 bridgehead atoms. The van der Waals surface area contributed by atoms with Gasteiger partial charge < -0.3 is 5.11 Å². The van der Waals surface area contributed by atoms with E-state index in [1.807, 2.05) is 6.07 Å². The van der Waals surface area contributed by atoms with Gasteiger partial charge in [-0.3, -0.25) is 9.58 Å². The smallest absolute Gasteiger partial charge is 0.336 e. The lowest BCUT2D eigenvalue weighted by Gasteiger charge is -2.30. The molecule has 0 atom stereocenters. The highest BCUT2D eigenvalue weighted by Crippen LogP contribution is 2.31. The van der Waals surface area contributed by atoms with Crippen molar-refractivity contribution >= 4 is 5.97 Å². The van der Waals surface area contributed by atoms with Crippen LogP contribution in [0.1, 0.15) is 64.6 Å². The Morgan fingerprint density at radius 3 is 2.88 bits per heavy atom. The molecule has 0 saturated heterocycles. The predicted molar refractivity (Wildman–Crippen MR) is 95.7 cm³/mol. The molecule has 5 nitrogen and oxygen atoms in total. The molecule has 1 aliphatic carbocycles. The van der Waals surface area contributed by atoms with Crippen LogP contribution in [0.15, 0.2) is 24.3 Å². The van der Waals surface area contributed by atoms with Gasteiger partial charge in [-0.2, -0.15) is 5.10 Å². The minimum absolute atomic E-state index is 0.447. The monoisotopic (exact) mass is 339 g/mol. The van der Waals surface area contributed by atoms with Crippen LogP contribution in [0.5, 0.6) is 0 Å². The van der Waals surface area contributed by atoms with Crippen LogP contribution in [0.25, 0.3) is 0 Å². The molecule has 2 aliphatic rings. The molecule has 0 unspecified atom stereocenters. The molecular formula is C20H25N3O2. The maximum absolute atomic E-state index is 11.5. The van der Waals surface area contributed by atoms with E-state index >= 15 is 0 Å². The minimum Gasteiger partial charge on any atom is -0.478 e. The maximum Gasteiger partial charge on any atom is 0.336 e. The lowest BCUT2D eigenvalue weighted by atomic mass is 9.95. The summed E-state index contributed by atoms with van der Waals surface area (Å²) in [5, 5.41) is 14.2. The number of benzene rings is 1. The second-order valence-electron chi connectivity index (χ2n) is 7.37. The van der Waals surface area contributed by atoms with E-state index in [0.29, 0.717) is 18.2 Å². The van der Waals surface area contributed by atoms with Crippen LogP contribution >= 0.6 is 0 Å². The van der Waals surface area contributed by atoms with Gasteiger partial charge in [0.1, 0.15) is 0 Å². The molecule has 1 saturated carbocycles. The number of aromatic nitrogens is 2. The van der Waals surface area contributed by atoms with Crippen molar-refractivity contribution in [2.45, 2.75) is 58.2 Å². The SMILES string of the molecule is Cc1cc(CN2CCc3cccc(C(=O)O)c3C2)n(C2CCCC2)n1. The standard InChI is InChI=1S/C20H25N3O2/c1-14-11-17(23(21-14)16-6-2-3-7-16)12-22-10-9-15-5-4-8-18(20(24)25)19(15)13-22/h4-5,8,11,16H,2-3,6-7,9-10,12-13H2,1H3,(H,24,25). The molecular weight excluding hydrogens is 314 g/mol. The molecule has 4 rings (SSSR count). The molecule has 132 valence electrons. The van der Waals surface area contributed by atoms with Crippen LogP contribution in [-0.2, 0) is 19.5 Å². The molecule has 1 fully saturated rings. The largest absolute Gasteiger partial charge is 0.478 e. The second kappa shape index (κ2) is 6.64. The number of carboxylic acid groups (broad SMARTS) is 1. The Morgan fingerprint density at radius 2 is 2.12 bits per heavy atom. The van der Waals surface area contributed by atoms with E-state index in [1.165, 1.54) is 36.9 Å². The van der Waals surface area contributed by atoms with Crippen LogP contribution < -0.4 is 0 Å². The van der Waals surface area contributed by atoms with Crippen molar-refractivity contribution in [1.29, 1.82) is 0 Å². The third-order valence-electron chi connectivity index (χ3n) is 5.57. The topological polar surface area (TPSA) is 58.4 Å². The van der Waals surface area contributed by atoms with Crippen molar-refractivity contribution < 1.29 is 9.90 Å². The quantitative estimate of drug-likeness (QED) is 0.925. The summed E-state index contributed by atoms with van der Waals surface area (Å²) in [7, 11) is 0. The number of hydrogen-bond acceptors (Lipinski definition) is 3. The predicted octanol–water partition coefficient (Wildman–Crippen LogP) is 3.56. The first-order valence-corrected chi connectivity index (χ1v) is 9.23. The Labute approximate surface area is 148 Å². The van der Waals surface area contributed by atoms with E-state index < -0.39 is 5.97 Å². The molecule has 0 radical (unpaired) electrons. The summed E-state index contributed by atoms with van der Waals surface area (Å²) < 4.78 is 2.24. The van der Waals surface area contributed by atoms with Crippen molar-refractivity contribution in [3.8, 4) is 0 Å². The van der Waals surface area contributed by atoms with Gasteiger partial charge in [-0.1, -0.05) is 25.0 Å². The highest BCUT2D eigenvalue weighted by atomic mass is 16.4. The number of hydrogen-bond donors (Lipinski definition) is 1. The molecule has 0 amide bonds. The summed E-state index contributed by atoms with van der Waals surface area (Å²) in [6, 6.07) is 8.37. The summed E-state index contributed by atoms with van der Waals surface area (Å²) in [4.78, 5) is 13.9. The normalized spacial score (nSPS) is 18.4. The second-order valence-corrected chi connectivity index (χ2v) is 7.37. The van der Waals surface area contributed by atoms with Crippen LogP contribution in [-0.4, -0.2) is 32.3 Å². The first-order valence-electron chi connectivity index (χ1n) is 9.23. The van der Waals surface area contributed by atoms with Gasteiger partial charge >= 0.3 is 5.97 Å². The molecule has 1 aromatic heterocycles. The highest BCUT2D eigenvalue weighted by molar-refractivity contribution is 5.89. The van der Waals surface area contributed by atoms with E-state index in [-0.39, 0.29) is 0 Å². The zero-order chi connectivity index (χ0) is 17.4. The van der Waals surface area contributed by atoms with Gasteiger partial charge in [-0.15, -0.1) is 0 Å². The summed E-state index contributed by atoms with van der Waals surface area (Å²) in [5.41, 5.74) is 4.94. The van der Waals surface area contributed by atoms with E-state index in [0.717, 1.165) is 30.8 Å². The summed E-state index contributed by atoms with van der Waals surface area (Å²) in [6.07, 6.45) is 5.94. The Balaban J connectivity index is 1.56. The van der Waals surface area contributed by atoms with E-state index in [1.54, 1.807) is 6.07 Å². The zero-order valence-electron chi connectivity index (χ0n) is 14.7. The van der Waals surface area contributed by atoms with Gasteiger partial charge in [0, 0.05) is 19.6 Å². The van der Waals surface area contributed by atoms with Gasteiger partial charge in [0.25, 0.3) is 0 Å². The van der Waals surface area contributed by atoms with Crippen molar-refractivity contribution in [2.24, 2.45) is 0 Å². The minimum atomic E-state index is -0.828. The summed E-state index contributed by atoms with van der Waals surface area (Å²) in [6.45, 7) is 4.56. The van der Waals surface area contributed by atoms with Crippen LogP contribution in [0.3, 0.4) is 0 Å². The van der Waals surface area contributed by atoms with Gasteiger partial charge in [-0.25, -0.2) is 4.79 Å². The lowest BCUT2D eigenvalue weighted by molar-refractivity contribution is 0.0693. The molecule has 25 heavy (non-hydrogen) atoms. The fourth-order valence-corrected chi connectivity index (χ4v) is 4.35. The average Bonchev–Trinajstić information content (AvgIpc) is 3.23. The fraction of sp³-hybridized carbons (Fsp3) is 0.500. The Kier molecular flexibility index (Phi) is 4.34. The number of nitrogens with zero attached hydrogens (tertiary/aromatic N) is 3. The third-order valence-corrected chi connectivity index (χ3v) is 5.57. The first-order chi connectivity index (χ1) is 12.1. The zero-order valence-corrected chi connectivity index (χ0v) is 14.7. The molecule has 1 N–H and O–H groups in total. The van der Waals surface area contributed by atoms with Crippen molar-refractivity contribution in [1.82, 2.24) is 14.7 Å². The molecule has 1 aliphatic heterocycles. The van der Waals surface area contributed by atoms with Crippen LogP contribution in [0.4, 0.5) is 0 Å².